The summed E-state index contributed by atoms with van der Waals surface area (Å²) in [7, 11) is -1.88. The zero-order chi connectivity index (χ0) is 25.0. The lowest BCUT2D eigenvalue weighted by molar-refractivity contribution is -0.310. The topological polar surface area (TPSA) is 111 Å². The Balaban J connectivity index is 0.00000241. The normalized spacial score (nSPS) is 10.8. The number of sulfonamides is 1. The Morgan fingerprint density at radius 2 is 1.65 bits per heavy atom. The second kappa shape index (κ2) is 12.8. The minimum absolute atomic E-state index is 0. The summed E-state index contributed by atoms with van der Waals surface area (Å²) in [5.41, 5.74) is 4.45. The van der Waals surface area contributed by atoms with Crippen LogP contribution in [0, 0.1) is 0 Å². The third kappa shape index (κ3) is 7.15. The van der Waals surface area contributed by atoms with Gasteiger partial charge in [0.15, 0.2) is 0 Å². The predicted octanol–water partition coefficient (Wildman–Crippen LogP) is -0.932. The first-order valence-electron chi connectivity index (χ1n) is 11.4. The number of fused-ring (bicyclic) bond motifs is 2. The van der Waals surface area contributed by atoms with Gasteiger partial charge in [0.05, 0.1) is 40.7 Å². The number of pyridine rings is 1. The van der Waals surface area contributed by atoms with Gasteiger partial charge in [0.1, 0.15) is 5.75 Å². The highest BCUT2D eigenvalue weighted by Crippen LogP contribution is 2.36. The largest absolute Gasteiger partial charge is 1.00 e. The van der Waals surface area contributed by atoms with Gasteiger partial charge in [-0.1, -0.05) is 25.5 Å². The Bertz CT molecular complexity index is 1510. The minimum atomic E-state index is -3.42. The summed E-state index contributed by atoms with van der Waals surface area (Å²) in [4.78, 5) is 14.9. The number of H-pyrrole nitrogens is 1. The van der Waals surface area contributed by atoms with Gasteiger partial charge in [0.25, 0.3) is 0 Å². The lowest BCUT2D eigenvalue weighted by Crippen LogP contribution is -3.00. The zero-order valence-corrected chi connectivity index (χ0v) is 23.0. The molecule has 4 aromatic rings. The Labute approximate surface area is 229 Å². The Kier molecular flexibility index (Phi) is 10.4. The molecule has 11 heteroatoms. The Hall–Kier alpha value is -3.27. The standard InChI is InChI=1S/C26H28N4O4S.2ClH/c1-4-5-14-35(32,33)30-19-11-13-23(25(16-19)34-3)29-26-20-8-6-7-9-22(20)28-24-15-18(27-17(2)31)10-12-21(24)26;;/h6-13,15-16,30H,4-5,14H2,1-3H3,(H,27,31)(H,28,29);2*1H/p-1. The molecule has 37 heavy (non-hydrogen) atoms. The van der Waals surface area contributed by atoms with Gasteiger partial charge in [-0.05, 0) is 36.8 Å². The zero-order valence-electron chi connectivity index (χ0n) is 20.7. The van der Waals surface area contributed by atoms with E-state index in [1.54, 1.807) is 25.3 Å². The first-order valence-corrected chi connectivity index (χ1v) is 13.1. The van der Waals surface area contributed by atoms with E-state index in [4.69, 9.17) is 4.74 Å². The number of ether oxygens (including phenoxy) is 1. The molecule has 0 atom stereocenters. The predicted molar refractivity (Wildman–Crippen MR) is 141 cm³/mol. The molecule has 4 N–H and O–H groups in total. The summed E-state index contributed by atoms with van der Waals surface area (Å²) in [5, 5.41) is 8.19. The Morgan fingerprint density at radius 3 is 2.35 bits per heavy atom. The van der Waals surface area contributed by atoms with Crippen LogP contribution >= 0.6 is 0 Å². The van der Waals surface area contributed by atoms with Gasteiger partial charge in [-0.3, -0.25) is 9.52 Å². The van der Waals surface area contributed by atoms with Crippen LogP contribution in [0.25, 0.3) is 21.8 Å². The van der Waals surface area contributed by atoms with E-state index < -0.39 is 10.0 Å². The lowest BCUT2D eigenvalue weighted by Gasteiger charge is -2.16. The van der Waals surface area contributed by atoms with E-state index in [-0.39, 0.29) is 36.5 Å². The summed E-state index contributed by atoms with van der Waals surface area (Å²) in [6.45, 7) is 3.43. The van der Waals surface area contributed by atoms with Crippen LogP contribution in [0.15, 0.2) is 60.7 Å². The van der Waals surface area contributed by atoms with Crippen molar-refractivity contribution in [1.82, 2.24) is 0 Å². The Morgan fingerprint density at radius 1 is 0.946 bits per heavy atom. The number of nitrogens with one attached hydrogen (secondary N) is 4. The van der Waals surface area contributed by atoms with E-state index in [1.807, 2.05) is 49.4 Å². The first-order chi connectivity index (χ1) is 16.8. The molecule has 0 saturated carbocycles. The highest BCUT2D eigenvalue weighted by Gasteiger charge is 2.17. The molecular weight excluding hydrogens is 535 g/mol. The van der Waals surface area contributed by atoms with Crippen LogP contribution in [0.4, 0.5) is 22.7 Å². The van der Waals surface area contributed by atoms with Crippen LogP contribution in [0.2, 0.25) is 0 Å². The molecule has 4 rings (SSSR count). The molecule has 0 bridgehead atoms. The average molecular weight is 565 g/mol. The summed E-state index contributed by atoms with van der Waals surface area (Å²) < 4.78 is 32.9. The van der Waals surface area contributed by atoms with Gasteiger partial charge < -0.3 is 40.2 Å². The number of rotatable bonds is 9. The fourth-order valence-electron chi connectivity index (χ4n) is 3.94. The molecular formula is C26H29Cl2N4O4S-. The lowest BCUT2D eigenvalue weighted by atomic mass is 10.1. The van der Waals surface area contributed by atoms with Crippen LogP contribution < -0.4 is 49.9 Å². The maximum Gasteiger partial charge on any atom is 0.232 e. The maximum atomic E-state index is 12.3. The van der Waals surface area contributed by atoms with Crippen LogP contribution in [0.3, 0.4) is 0 Å². The van der Waals surface area contributed by atoms with Crippen molar-refractivity contribution in [3.63, 3.8) is 0 Å². The molecule has 0 radical (unpaired) electrons. The smallest absolute Gasteiger partial charge is 0.232 e. The van der Waals surface area contributed by atoms with Crippen molar-refractivity contribution in [2.45, 2.75) is 26.7 Å². The molecule has 0 aliphatic rings. The fourth-order valence-corrected chi connectivity index (χ4v) is 5.20. The van der Waals surface area contributed by atoms with Crippen molar-refractivity contribution in [3.8, 4) is 5.75 Å². The number of para-hydroxylation sites is 1. The van der Waals surface area contributed by atoms with E-state index in [0.29, 0.717) is 29.2 Å². The van der Waals surface area contributed by atoms with Crippen molar-refractivity contribution in [1.29, 1.82) is 0 Å². The van der Waals surface area contributed by atoms with Gasteiger partial charge >= 0.3 is 0 Å². The summed E-state index contributed by atoms with van der Waals surface area (Å²) in [6.07, 6.45) is 1.40. The molecule has 0 spiro atoms. The molecule has 198 valence electrons. The molecule has 0 fully saturated rings. The van der Waals surface area contributed by atoms with Gasteiger partial charge in [-0.2, -0.15) is 0 Å². The third-order valence-corrected chi connectivity index (χ3v) is 6.95. The number of halogens is 2. The van der Waals surface area contributed by atoms with Crippen LogP contribution in [0.5, 0.6) is 5.75 Å². The summed E-state index contributed by atoms with van der Waals surface area (Å²) in [5.74, 6) is 0.435. The van der Waals surface area contributed by atoms with Gasteiger partial charge in [0.2, 0.25) is 27.0 Å². The quantitative estimate of drug-likeness (QED) is 0.228. The summed E-state index contributed by atoms with van der Waals surface area (Å²) >= 11 is 0. The maximum absolute atomic E-state index is 12.3. The monoisotopic (exact) mass is 563 g/mol. The number of amides is 1. The first kappa shape index (κ1) is 30.0. The van der Waals surface area contributed by atoms with Crippen LogP contribution in [0.1, 0.15) is 26.7 Å². The third-order valence-electron chi connectivity index (χ3n) is 5.58. The van der Waals surface area contributed by atoms with Crippen LogP contribution in [-0.2, 0) is 14.8 Å². The number of hydrogen-bond donors (Lipinski definition) is 3. The number of unbranched alkanes of at least 4 members (excludes halogenated alkanes) is 1. The van der Waals surface area contributed by atoms with Crippen molar-refractivity contribution in [3.05, 3.63) is 60.7 Å². The molecule has 0 unspecified atom stereocenters. The SMILES string of the molecule is CCCCS(=O)(=O)Nc1ccc(Nc2c3ccccc3[nH+]c3cc(NC(C)=O)ccc23)c(OC)c1.[Cl-].[Cl-]. The van der Waals surface area contributed by atoms with Crippen molar-refractivity contribution in [2.75, 3.05) is 28.2 Å². The average Bonchev–Trinajstić information content (AvgIpc) is 2.82. The highest BCUT2D eigenvalue weighted by atomic mass is 35.5. The molecule has 0 aliphatic carbocycles. The van der Waals surface area contributed by atoms with Crippen LogP contribution in [-0.4, -0.2) is 27.2 Å². The molecule has 1 heterocycles. The molecule has 0 aliphatic heterocycles. The highest BCUT2D eigenvalue weighted by molar-refractivity contribution is 7.92. The van der Waals surface area contributed by atoms with E-state index in [1.165, 1.54) is 6.92 Å². The van der Waals surface area contributed by atoms with Crippen molar-refractivity contribution < 1.29 is 47.7 Å². The van der Waals surface area contributed by atoms with Gasteiger partial charge in [-0.25, -0.2) is 13.4 Å². The molecule has 3 aromatic carbocycles. The summed E-state index contributed by atoms with van der Waals surface area (Å²) in [6, 6.07) is 18.8. The molecule has 1 aromatic heterocycles. The van der Waals surface area contributed by atoms with Crippen molar-refractivity contribution >= 4 is 60.5 Å². The van der Waals surface area contributed by atoms with Gasteiger partial charge in [-0.15, -0.1) is 0 Å². The van der Waals surface area contributed by atoms with E-state index >= 15 is 0 Å². The number of carbonyl (C=O) groups excluding carboxylic acids is 1. The van der Waals surface area contributed by atoms with Crippen molar-refractivity contribution in [2.24, 2.45) is 0 Å². The number of benzene rings is 3. The van der Waals surface area contributed by atoms with E-state index in [9.17, 15) is 13.2 Å². The second-order valence-electron chi connectivity index (χ2n) is 8.30. The molecule has 0 saturated heterocycles. The van der Waals surface area contributed by atoms with E-state index in [2.05, 4.69) is 20.3 Å². The molecule has 1 amide bonds. The fraction of sp³-hybridized carbons (Fsp3) is 0.231. The molecule has 8 nitrogen and oxygen atoms in total. The van der Waals surface area contributed by atoms with E-state index in [0.717, 1.165) is 33.9 Å². The number of aromatic nitrogens is 1. The minimum Gasteiger partial charge on any atom is -1.00 e. The van der Waals surface area contributed by atoms with Gasteiger partial charge in [0, 0.05) is 30.8 Å². The number of methoxy groups -OCH3 is 1. The number of hydrogen-bond acceptors (Lipinski definition) is 5. The number of anilines is 4. The number of aromatic amines is 1. The number of carbonyl (C=O) groups is 1. The second-order valence-corrected chi connectivity index (χ2v) is 10.1.